The molecule has 1 aliphatic carbocycles. The van der Waals surface area contributed by atoms with Crippen LogP contribution in [-0.4, -0.2) is 12.5 Å². The summed E-state index contributed by atoms with van der Waals surface area (Å²) in [6.07, 6.45) is 7.35. The number of carbonyl (C=O) groups excluding carboxylic acids is 1. The maximum atomic E-state index is 11.1. The first-order valence-electron chi connectivity index (χ1n) is 7.00. The summed E-state index contributed by atoms with van der Waals surface area (Å²) in [6.45, 7) is 3.33. The second-order valence-corrected chi connectivity index (χ2v) is 5.02. The molecule has 1 amide bonds. The van der Waals surface area contributed by atoms with Gasteiger partial charge in [0, 0.05) is 19.2 Å². The Balaban J connectivity index is 1.80. The first-order chi connectivity index (χ1) is 9.25. The van der Waals surface area contributed by atoms with Gasteiger partial charge < -0.3 is 10.6 Å². The summed E-state index contributed by atoms with van der Waals surface area (Å²) >= 11 is 0. The third-order valence-electron chi connectivity index (χ3n) is 3.40. The highest BCUT2D eigenvalue weighted by Gasteiger charge is 2.05. The Bertz CT molecular complexity index is 466. The average molecular weight is 258 g/mol. The Morgan fingerprint density at radius 2 is 2.16 bits per heavy atom. The van der Waals surface area contributed by atoms with Gasteiger partial charge in [-0.05, 0) is 43.9 Å². The summed E-state index contributed by atoms with van der Waals surface area (Å²) in [5.41, 5.74) is 3.63. The lowest BCUT2D eigenvalue weighted by Crippen LogP contribution is -2.17. The number of hydrogen-bond acceptors (Lipinski definition) is 2. The molecule has 0 unspecified atom stereocenters. The Morgan fingerprint density at radius 3 is 2.89 bits per heavy atom. The molecule has 2 N–H and O–H groups in total. The van der Waals surface area contributed by atoms with Crippen LogP contribution in [0.15, 0.2) is 35.9 Å². The summed E-state index contributed by atoms with van der Waals surface area (Å²) in [7, 11) is 0. The molecule has 0 radical (unpaired) electrons. The summed E-state index contributed by atoms with van der Waals surface area (Å²) in [4.78, 5) is 11.1. The fourth-order valence-corrected chi connectivity index (χ4v) is 2.42. The fraction of sp³-hybridized carbons (Fsp3) is 0.438. The van der Waals surface area contributed by atoms with E-state index in [1.807, 2.05) is 24.3 Å². The summed E-state index contributed by atoms with van der Waals surface area (Å²) in [5, 5.41) is 6.32. The third kappa shape index (κ3) is 4.52. The van der Waals surface area contributed by atoms with Crippen LogP contribution >= 0.6 is 0 Å². The number of rotatable bonds is 6. The van der Waals surface area contributed by atoms with Crippen LogP contribution in [-0.2, 0) is 11.3 Å². The van der Waals surface area contributed by atoms with Crippen LogP contribution in [0.3, 0.4) is 0 Å². The number of benzene rings is 1. The van der Waals surface area contributed by atoms with E-state index in [1.54, 1.807) is 5.57 Å². The van der Waals surface area contributed by atoms with Crippen LogP contribution < -0.4 is 10.6 Å². The second-order valence-electron chi connectivity index (χ2n) is 5.02. The van der Waals surface area contributed by atoms with Crippen molar-refractivity contribution in [2.24, 2.45) is 0 Å². The molecule has 1 aliphatic rings. The van der Waals surface area contributed by atoms with Gasteiger partial charge in [0.05, 0.1) is 0 Å². The minimum Gasteiger partial charge on any atom is -0.326 e. The van der Waals surface area contributed by atoms with Crippen molar-refractivity contribution in [2.45, 2.75) is 39.2 Å². The molecule has 0 spiro atoms. The normalized spacial score (nSPS) is 14.3. The van der Waals surface area contributed by atoms with Crippen LogP contribution in [0.5, 0.6) is 0 Å². The third-order valence-corrected chi connectivity index (χ3v) is 3.40. The van der Waals surface area contributed by atoms with Gasteiger partial charge in [-0.3, -0.25) is 4.79 Å². The summed E-state index contributed by atoms with van der Waals surface area (Å²) in [6, 6.07) is 7.94. The van der Waals surface area contributed by atoms with E-state index in [0.717, 1.165) is 30.8 Å². The lowest BCUT2D eigenvalue weighted by atomic mass is 10.1. The zero-order valence-electron chi connectivity index (χ0n) is 11.5. The molecule has 0 heterocycles. The molecule has 0 fully saturated rings. The fourth-order valence-electron chi connectivity index (χ4n) is 2.42. The predicted octanol–water partition coefficient (Wildman–Crippen LogP) is 3.24. The van der Waals surface area contributed by atoms with Gasteiger partial charge in [0.25, 0.3) is 0 Å². The number of hydrogen-bond donors (Lipinski definition) is 2. The molecule has 0 aliphatic heterocycles. The molecule has 0 atom stereocenters. The van der Waals surface area contributed by atoms with E-state index >= 15 is 0 Å². The minimum absolute atomic E-state index is 0.0245. The molecule has 1 aromatic carbocycles. The van der Waals surface area contributed by atoms with Crippen LogP contribution in [0.2, 0.25) is 0 Å². The smallest absolute Gasteiger partial charge is 0.221 e. The molecule has 2 rings (SSSR count). The molecule has 19 heavy (non-hydrogen) atoms. The van der Waals surface area contributed by atoms with Crippen LogP contribution in [0.1, 0.15) is 38.2 Å². The number of anilines is 1. The number of amides is 1. The van der Waals surface area contributed by atoms with Crippen molar-refractivity contribution in [3.8, 4) is 0 Å². The zero-order valence-corrected chi connectivity index (χ0v) is 11.5. The molecule has 0 aromatic heterocycles. The standard InChI is InChI=1S/C16H22N2O/c1-13(19)18-16-9-5-4-8-15(16)12-17-11-10-14-6-2-3-7-14/h4-6,8-9,17H,2-3,7,10-12H2,1H3,(H,18,19). The largest absolute Gasteiger partial charge is 0.326 e. The Hall–Kier alpha value is -1.61. The maximum absolute atomic E-state index is 11.1. The van der Waals surface area contributed by atoms with Gasteiger partial charge in [-0.2, -0.15) is 0 Å². The van der Waals surface area contributed by atoms with Crippen molar-refractivity contribution in [1.82, 2.24) is 5.32 Å². The molecule has 0 saturated heterocycles. The molecular weight excluding hydrogens is 236 g/mol. The van der Waals surface area contributed by atoms with E-state index in [-0.39, 0.29) is 5.91 Å². The average Bonchev–Trinajstić information content (AvgIpc) is 2.89. The van der Waals surface area contributed by atoms with Gasteiger partial charge in [-0.25, -0.2) is 0 Å². The van der Waals surface area contributed by atoms with Gasteiger partial charge in [-0.15, -0.1) is 0 Å². The van der Waals surface area contributed by atoms with E-state index in [1.165, 1.54) is 26.2 Å². The molecule has 3 heteroatoms. The highest BCUT2D eigenvalue weighted by Crippen LogP contribution is 2.20. The number of para-hydroxylation sites is 1. The predicted molar refractivity (Wildman–Crippen MR) is 79.0 cm³/mol. The molecular formula is C16H22N2O. The van der Waals surface area contributed by atoms with Crippen LogP contribution in [0.4, 0.5) is 5.69 Å². The van der Waals surface area contributed by atoms with Gasteiger partial charge in [0.15, 0.2) is 0 Å². The van der Waals surface area contributed by atoms with Gasteiger partial charge >= 0.3 is 0 Å². The lowest BCUT2D eigenvalue weighted by molar-refractivity contribution is -0.114. The molecule has 0 bridgehead atoms. The Labute approximate surface area is 115 Å². The quantitative estimate of drug-likeness (QED) is 0.607. The van der Waals surface area contributed by atoms with Gasteiger partial charge in [0.1, 0.15) is 0 Å². The second kappa shape index (κ2) is 7.10. The highest BCUT2D eigenvalue weighted by molar-refractivity contribution is 5.89. The highest BCUT2D eigenvalue weighted by atomic mass is 16.1. The van der Waals surface area contributed by atoms with E-state index in [4.69, 9.17) is 0 Å². The molecule has 1 aromatic rings. The SMILES string of the molecule is CC(=O)Nc1ccccc1CNCCC1=CCCC1. The van der Waals surface area contributed by atoms with Crippen molar-refractivity contribution < 1.29 is 4.79 Å². The van der Waals surface area contributed by atoms with E-state index in [9.17, 15) is 4.79 Å². The van der Waals surface area contributed by atoms with Crippen molar-refractivity contribution >= 4 is 11.6 Å². The minimum atomic E-state index is -0.0245. The van der Waals surface area contributed by atoms with Crippen LogP contribution in [0.25, 0.3) is 0 Å². The summed E-state index contributed by atoms with van der Waals surface area (Å²) in [5.74, 6) is -0.0245. The van der Waals surface area contributed by atoms with E-state index in [2.05, 4.69) is 16.7 Å². The first-order valence-corrected chi connectivity index (χ1v) is 7.00. The number of allylic oxidation sites excluding steroid dienone is 1. The van der Waals surface area contributed by atoms with Crippen LogP contribution in [0, 0.1) is 0 Å². The zero-order chi connectivity index (χ0) is 13.5. The van der Waals surface area contributed by atoms with Gasteiger partial charge in [0.2, 0.25) is 5.91 Å². The van der Waals surface area contributed by atoms with Crippen molar-refractivity contribution in [3.05, 3.63) is 41.5 Å². The monoisotopic (exact) mass is 258 g/mol. The first kappa shape index (κ1) is 13.8. The van der Waals surface area contributed by atoms with Crippen molar-refractivity contribution in [3.63, 3.8) is 0 Å². The topological polar surface area (TPSA) is 41.1 Å². The number of carbonyl (C=O) groups is 1. The summed E-state index contributed by atoms with van der Waals surface area (Å²) < 4.78 is 0. The molecule has 0 saturated carbocycles. The Morgan fingerprint density at radius 1 is 1.32 bits per heavy atom. The van der Waals surface area contributed by atoms with Crippen molar-refractivity contribution in [2.75, 3.05) is 11.9 Å². The van der Waals surface area contributed by atoms with Crippen molar-refractivity contribution in [1.29, 1.82) is 0 Å². The maximum Gasteiger partial charge on any atom is 0.221 e. The van der Waals surface area contributed by atoms with Gasteiger partial charge in [-0.1, -0.05) is 29.8 Å². The Kier molecular flexibility index (Phi) is 5.16. The lowest BCUT2D eigenvalue weighted by Gasteiger charge is -2.11. The molecule has 102 valence electrons. The van der Waals surface area contributed by atoms with E-state index < -0.39 is 0 Å². The molecule has 3 nitrogen and oxygen atoms in total. The van der Waals surface area contributed by atoms with E-state index in [0.29, 0.717) is 0 Å². The number of nitrogens with one attached hydrogen (secondary N) is 2.